The van der Waals surface area contributed by atoms with E-state index in [1.54, 1.807) is 47.8 Å². The fourth-order valence-electron chi connectivity index (χ4n) is 3.83. The molecule has 4 aromatic rings. The first-order valence-corrected chi connectivity index (χ1v) is 15.5. The number of benzene rings is 4. The minimum Gasteiger partial charge on any atom is -0.219 e. The minimum atomic E-state index is -3.58. The van der Waals surface area contributed by atoms with E-state index in [2.05, 4.69) is 90.1 Å². The third-order valence-electron chi connectivity index (χ3n) is 6.18. The molecule has 0 unspecified atom stereocenters. The topological polar surface area (TPSA) is 34.1 Å². The van der Waals surface area contributed by atoms with Crippen molar-refractivity contribution in [3.8, 4) is 0 Å². The van der Waals surface area contributed by atoms with Crippen molar-refractivity contribution < 1.29 is 8.42 Å². The van der Waals surface area contributed by atoms with E-state index in [1.807, 2.05) is 24.3 Å². The fourth-order valence-corrected chi connectivity index (χ4v) is 6.72. The molecule has 0 atom stereocenters. The second-order valence-electron chi connectivity index (χ2n) is 11.2. The summed E-state index contributed by atoms with van der Waals surface area (Å²) < 4.78 is 26.4. The molecule has 0 radical (unpaired) electrons. The van der Waals surface area contributed by atoms with Gasteiger partial charge in [0, 0.05) is 19.6 Å². The van der Waals surface area contributed by atoms with Crippen LogP contribution in [0, 0.1) is 0 Å². The van der Waals surface area contributed by atoms with Crippen LogP contribution in [0.4, 0.5) is 0 Å². The third-order valence-corrected chi connectivity index (χ3v) is 10.00. The maximum atomic E-state index is 13.2. The average Bonchev–Trinajstić information content (AvgIpc) is 2.84. The van der Waals surface area contributed by atoms with Gasteiger partial charge < -0.3 is 0 Å². The predicted molar refractivity (Wildman–Crippen MR) is 157 cm³/mol. The Morgan fingerprint density at radius 2 is 0.676 bits per heavy atom. The highest BCUT2D eigenvalue weighted by molar-refractivity contribution is 7.99. The summed E-state index contributed by atoms with van der Waals surface area (Å²) in [6, 6.07) is 31.4. The molecule has 0 amide bonds. The normalized spacial score (nSPS) is 12.5. The standard InChI is InChI=1S/C32H34O2S3/c1-31(2,3)23-7-11-25(12-8-23)35-27-15-19-29(20-16-27)37(33,34)30-21-17-28(18-22-30)36-26-13-9-24(10-14-26)32(4,5)6/h7-22H,1-6H3. The molecular formula is C32H34O2S3. The van der Waals surface area contributed by atoms with E-state index in [4.69, 9.17) is 0 Å². The molecule has 192 valence electrons. The molecule has 0 aliphatic carbocycles. The van der Waals surface area contributed by atoms with Gasteiger partial charge in [0.15, 0.2) is 0 Å². The van der Waals surface area contributed by atoms with Crippen LogP contribution in [0.1, 0.15) is 52.7 Å². The number of hydrogen-bond donors (Lipinski definition) is 0. The molecule has 0 aromatic heterocycles. The Morgan fingerprint density at radius 3 is 0.919 bits per heavy atom. The number of rotatable bonds is 6. The van der Waals surface area contributed by atoms with Crippen molar-refractivity contribution in [2.45, 2.75) is 81.7 Å². The molecule has 0 aliphatic rings. The molecule has 5 heteroatoms. The van der Waals surface area contributed by atoms with Crippen molar-refractivity contribution in [2.75, 3.05) is 0 Å². The monoisotopic (exact) mass is 546 g/mol. The summed E-state index contributed by atoms with van der Waals surface area (Å²) in [6.07, 6.45) is 0. The molecule has 0 N–H and O–H groups in total. The minimum absolute atomic E-state index is 0.119. The highest BCUT2D eigenvalue weighted by atomic mass is 32.2. The van der Waals surface area contributed by atoms with Crippen molar-refractivity contribution in [3.05, 3.63) is 108 Å². The summed E-state index contributed by atoms with van der Waals surface area (Å²) in [5, 5.41) is 0. The second-order valence-corrected chi connectivity index (χ2v) is 15.4. The van der Waals surface area contributed by atoms with E-state index in [0.29, 0.717) is 9.79 Å². The van der Waals surface area contributed by atoms with E-state index in [0.717, 1.165) is 19.6 Å². The molecule has 4 aromatic carbocycles. The lowest BCUT2D eigenvalue weighted by molar-refractivity contribution is 0.589. The molecule has 2 nitrogen and oxygen atoms in total. The third kappa shape index (κ3) is 6.90. The van der Waals surface area contributed by atoms with Crippen molar-refractivity contribution >= 4 is 33.4 Å². The summed E-state index contributed by atoms with van der Waals surface area (Å²) in [7, 11) is -3.58. The Balaban J connectivity index is 1.43. The molecule has 0 saturated carbocycles. The fraction of sp³-hybridized carbons (Fsp3) is 0.250. The van der Waals surface area contributed by atoms with E-state index in [9.17, 15) is 8.42 Å². The van der Waals surface area contributed by atoms with Gasteiger partial charge in [-0.05, 0) is 94.8 Å². The SMILES string of the molecule is CC(C)(C)c1ccc(Sc2ccc(S(=O)(=O)c3ccc(Sc4ccc(C(C)(C)C)cc4)cc3)cc2)cc1. The van der Waals surface area contributed by atoms with Gasteiger partial charge >= 0.3 is 0 Å². The molecule has 0 fully saturated rings. The molecule has 0 bridgehead atoms. The van der Waals surface area contributed by atoms with Crippen molar-refractivity contribution in [2.24, 2.45) is 0 Å². The first-order valence-electron chi connectivity index (χ1n) is 12.3. The van der Waals surface area contributed by atoms with Gasteiger partial charge in [0.1, 0.15) is 0 Å². The molecule has 0 heterocycles. The quantitative estimate of drug-likeness (QED) is 0.241. The Bertz CT molecular complexity index is 1330. The van der Waals surface area contributed by atoms with Gasteiger partial charge in [-0.2, -0.15) is 0 Å². The highest BCUT2D eigenvalue weighted by Crippen LogP contribution is 2.34. The smallest absolute Gasteiger partial charge is 0.206 e. The zero-order valence-electron chi connectivity index (χ0n) is 22.3. The van der Waals surface area contributed by atoms with Gasteiger partial charge in [-0.25, -0.2) is 8.42 Å². The number of sulfone groups is 1. The zero-order valence-corrected chi connectivity index (χ0v) is 24.7. The molecule has 4 rings (SSSR count). The Kier molecular flexibility index (Phi) is 7.99. The van der Waals surface area contributed by atoms with Crippen LogP contribution in [0.2, 0.25) is 0 Å². The van der Waals surface area contributed by atoms with Gasteiger partial charge in [0.25, 0.3) is 0 Å². The zero-order chi connectivity index (χ0) is 26.8. The van der Waals surface area contributed by atoms with E-state index < -0.39 is 9.84 Å². The lowest BCUT2D eigenvalue weighted by Gasteiger charge is -2.19. The molecular weight excluding hydrogens is 513 g/mol. The maximum Gasteiger partial charge on any atom is 0.206 e. The lowest BCUT2D eigenvalue weighted by Crippen LogP contribution is -2.10. The van der Waals surface area contributed by atoms with Crippen LogP contribution in [0.3, 0.4) is 0 Å². The Labute approximate surface area is 230 Å². The Hall–Kier alpha value is -2.47. The van der Waals surface area contributed by atoms with Crippen molar-refractivity contribution in [1.29, 1.82) is 0 Å². The summed E-state index contributed by atoms with van der Waals surface area (Å²) in [4.78, 5) is 4.88. The molecule has 0 saturated heterocycles. The molecule has 0 aliphatic heterocycles. The van der Waals surface area contributed by atoms with Crippen LogP contribution in [0.5, 0.6) is 0 Å². The number of hydrogen-bond acceptors (Lipinski definition) is 4. The first-order chi connectivity index (χ1) is 17.3. The second kappa shape index (κ2) is 10.7. The van der Waals surface area contributed by atoms with Gasteiger partial charge in [-0.15, -0.1) is 0 Å². The van der Waals surface area contributed by atoms with E-state index in [1.165, 1.54) is 11.1 Å². The summed E-state index contributed by atoms with van der Waals surface area (Å²) in [6.45, 7) is 13.2. The average molecular weight is 547 g/mol. The van der Waals surface area contributed by atoms with Crippen LogP contribution < -0.4 is 0 Å². The molecule has 0 spiro atoms. The van der Waals surface area contributed by atoms with Gasteiger partial charge in [-0.1, -0.05) is 89.3 Å². The van der Waals surface area contributed by atoms with Gasteiger partial charge in [0.2, 0.25) is 9.84 Å². The van der Waals surface area contributed by atoms with Crippen LogP contribution >= 0.6 is 23.5 Å². The predicted octanol–water partition coefficient (Wildman–Crippen LogP) is 9.42. The van der Waals surface area contributed by atoms with Gasteiger partial charge in [0.05, 0.1) is 9.79 Å². The molecule has 37 heavy (non-hydrogen) atoms. The largest absolute Gasteiger partial charge is 0.219 e. The van der Waals surface area contributed by atoms with Crippen LogP contribution in [-0.4, -0.2) is 8.42 Å². The summed E-state index contributed by atoms with van der Waals surface area (Å²) >= 11 is 3.26. The maximum absolute atomic E-state index is 13.2. The van der Waals surface area contributed by atoms with E-state index >= 15 is 0 Å². The van der Waals surface area contributed by atoms with Gasteiger partial charge in [-0.3, -0.25) is 0 Å². The Morgan fingerprint density at radius 1 is 0.432 bits per heavy atom. The van der Waals surface area contributed by atoms with Crippen LogP contribution in [0.25, 0.3) is 0 Å². The van der Waals surface area contributed by atoms with Crippen LogP contribution in [0.15, 0.2) is 126 Å². The lowest BCUT2D eigenvalue weighted by atomic mass is 9.87. The first kappa shape index (κ1) is 27.6. The van der Waals surface area contributed by atoms with Crippen molar-refractivity contribution in [1.82, 2.24) is 0 Å². The van der Waals surface area contributed by atoms with Crippen LogP contribution in [-0.2, 0) is 20.7 Å². The van der Waals surface area contributed by atoms with E-state index in [-0.39, 0.29) is 10.8 Å². The highest BCUT2D eigenvalue weighted by Gasteiger charge is 2.18. The summed E-state index contributed by atoms with van der Waals surface area (Å²) in [5.41, 5.74) is 2.82. The summed E-state index contributed by atoms with van der Waals surface area (Å²) in [5.74, 6) is 0. The van der Waals surface area contributed by atoms with Crippen molar-refractivity contribution in [3.63, 3.8) is 0 Å².